The normalized spacial score (nSPS) is 27.3. The van der Waals surface area contributed by atoms with Gasteiger partial charge < -0.3 is 5.73 Å². The summed E-state index contributed by atoms with van der Waals surface area (Å²) >= 11 is 0. The highest BCUT2D eigenvalue weighted by molar-refractivity contribution is 5.33. The Hall–Kier alpha value is -0.860. The molecule has 0 bridgehead atoms. The first-order chi connectivity index (χ1) is 8.79. The summed E-state index contributed by atoms with van der Waals surface area (Å²) in [5.74, 6) is 0.953. The molecule has 0 aromatic heterocycles. The Bertz CT molecular complexity index is 411. The van der Waals surface area contributed by atoms with Gasteiger partial charge in [-0.25, -0.2) is 0 Å². The quantitative estimate of drug-likeness (QED) is 0.882. The van der Waals surface area contributed by atoms with E-state index in [0.717, 1.165) is 12.5 Å². The van der Waals surface area contributed by atoms with Gasteiger partial charge in [-0.05, 0) is 49.3 Å². The average Bonchev–Trinajstić information content (AvgIpc) is 3.21. The number of benzene rings is 1. The van der Waals surface area contributed by atoms with Gasteiger partial charge in [0.15, 0.2) is 0 Å². The Kier molecular flexibility index (Phi) is 3.40. The van der Waals surface area contributed by atoms with Crippen molar-refractivity contribution in [3.05, 3.63) is 35.4 Å². The highest BCUT2D eigenvalue weighted by Gasteiger charge is 2.33. The molecule has 0 amide bonds. The van der Waals surface area contributed by atoms with Crippen molar-refractivity contribution in [2.75, 3.05) is 13.1 Å². The number of hydrogen-bond donors (Lipinski definition) is 1. The van der Waals surface area contributed by atoms with Gasteiger partial charge in [0.1, 0.15) is 0 Å². The van der Waals surface area contributed by atoms with E-state index in [0.29, 0.717) is 6.04 Å². The first kappa shape index (κ1) is 12.2. The van der Waals surface area contributed by atoms with Crippen LogP contribution in [-0.4, -0.2) is 24.0 Å². The summed E-state index contributed by atoms with van der Waals surface area (Å²) in [5, 5.41) is 0. The number of likely N-dealkylation sites (N-methyl/N-ethyl adjacent to an activating group) is 1. The summed E-state index contributed by atoms with van der Waals surface area (Å²) in [6, 6.07) is 9.46. The molecular weight excluding hydrogens is 220 g/mol. The van der Waals surface area contributed by atoms with Crippen molar-refractivity contribution in [3.63, 3.8) is 0 Å². The molecule has 2 atom stereocenters. The Morgan fingerprint density at radius 2 is 2.00 bits per heavy atom. The molecule has 2 aliphatic carbocycles. The molecule has 2 N–H and O–H groups in total. The number of aryl methyl sites for hydroxylation is 1. The summed E-state index contributed by atoms with van der Waals surface area (Å²) in [5.41, 5.74) is 9.36. The standard InChI is InChI=1S/C16H24N2/c1-2-18(11-12-7-8-12)15-10-9-13-5-3-4-6-14(13)16(15)17/h3-6,12,15-16H,2,7-11,17H2,1H3. The molecule has 98 valence electrons. The fourth-order valence-electron chi connectivity index (χ4n) is 3.32. The van der Waals surface area contributed by atoms with E-state index in [9.17, 15) is 0 Å². The second-order valence-electron chi connectivity index (χ2n) is 5.86. The Labute approximate surface area is 110 Å². The van der Waals surface area contributed by atoms with Crippen LogP contribution in [0.5, 0.6) is 0 Å². The van der Waals surface area contributed by atoms with Gasteiger partial charge in [0.05, 0.1) is 0 Å². The van der Waals surface area contributed by atoms with Crippen LogP contribution < -0.4 is 5.73 Å². The second-order valence-corrected chi connectivity index (χ2v) is 5.86. The lowest BCUT2D eigenvalue weighted by Crippen LogP contribution is -2.46. The zero-order chi connectivity index (χ0) is 12.5. The summed E-state index contributed by atoms with van der Waals surface area (Å²) in [7, 11) is 0. The van der Waals surface area contributed by atoms with Gasteiger partial charge in [0.2, 0.25) is 0 Å². The molecule has 0 aliphatic heterocycles. The minimum atomic E-state index is 0.202. The smallest absolute Gasteiger partial charge is 0.0455 e. The molecule has 0 spiro atoms. The first-order valence-corrected chi connectivity index (χ1v) is 7.37. The zero-order valence-electron chi connectivity index (χ0n) is 11.3. The van der Waals surface area contributed by atoms with E-state index in [1.54, 1.807) is 0 Å². The zero-order valence-corrected chi connectivity index (χ0v) is 11.3. The largest absolute Gasteiger partial charge is 0.323 e. The Morgan fingerprint density at radius 1 is 1.22 bits per heavy atom. The van der Waals surface area contributed by atoms with E-state index in [1.807, 2.05) is 0 Å². The second kappa shape index (κ2) is 5.02. The summed E-state index contributed by atoms with van der Waals surface area (Å²) in [6.45, 7) is 4.67. The maximum absolute atomic E-state index is 6.52. The van der Waals surface area contributed by atoms with Gasteiger partial charge in [0, 0.05) is 18.6 Å². The van der Waals surface area contributed by atoms with Crippen LogP contribution in [0.15, 0.2) is 24.3 Å². The third kappa shape index (κ3) is 2.32. The number of nitrogens with zero attached hydrogens (tertiary/aromatic N) is 1. The average molecular weight is 244 g/mol. The van der Waals surface area contributed by atoms with Gasteiger partial charge in [-0.2, -0.15) is 0 Å². The third-order valence-corrected chi connectivity index (χ3v) is 4.60. The molecule has 18 heavy (non-hydrogen) atoms. The van der Waals surface area contributed by atoms with Crippen molar-refractivity contribution in [1.29, 1.82) is 0 Å². The van der Waals surface area contributed by atoms with Crippen LogP contribution in [0.3, 0.4) is 0 Å². The van der Waals surface area contributed by atoms with Crippen LogP contribution in [0.4, 0.5) is 0 Å². The predicted octanol–water partition coefficient (Wildman–Crippen LogP) is 2.73. The molecule has 2 unspecified atom stereocenters. The maximum Gasteiger partial charge on any atom is 0.0455 e. The minimum absolute atomic E-state index is 0.202. The highest BCUT2D eigenvalue weighted by Crippen LogP contribution is 2.35. The van der Waals surface area contributed by atoms with Gasteiger partial charge in [-0.15, -0.1) is 0 Å². The molecule has 1 aromatic rings. The van der Waals surface area contributed by atoms with Crippen molar-refractivity contribution in [3.8, 4) is 0 Å². The molecular formula is C16H24N2. The van der Waals surface area contributed by atoms with E-state index < -0.39 is 0 Å². The van der Waals surface area contributed by atoms with E-state index >= 15 is 0 Å². The third-order valence-electron chi connectivity index (χ3n) is 4.60. The Balaban J connectivity index is 1.77. The molecule has 1 aromatic carbocycles. The molecule has 1 saturated carbocycles. The summed E-state index contributed by atoms with van der Waals surface area (Å²) in [4.78, 5) is 2.62. The monoisotopic (exact) mass is 244 g/mol. The molecule has 0 heterocycles. The summed E-state index contributed by atoms with van der Waals surface area (Å²) in [6.07, 6.45) is 5.26. The molecule has 3 rings (SSSR count). The van der Waals surface area contributed by atoms with E-state index in [1.165, 1.54) is 43.4 Å². The van der Waals surface area contributed by atoms with Gasteiger partial charge >= 0.3 is 0 Å². The van der Waals surface area contributed by atoms with Crippen LogP contribution in [0.2, 0.25) is 0 Å². The van der Waals surface area contributed by atoms with Crippen LogP contribution in [0, 0.1) is 5.92 Å². The first-order valence-electron chi connectivity index (χ1n) is 7.37. The number of fused-ring (bicyclic) bond motifs is 1. The van der Waals surface area contributed by atoms with Crippen molar-refractivity contribution < 1.29 is 0 Å². The van der Waals surface area contributed by atoms with Crippen molar-refractivity contribution >= 4 is 0 Å². The van der Waals surface area contributed by atoms with Gasteiger partial charge in [-0.1, -0.05) is 31.2 Å². The highest BCUT2D eigenvalue weighted by atomic mass is 15.2. The van der Waals surface area contributed by atoms with Gasteiger partial charge in [0.25, 0.3) is 0 Å². The van der Waals surface area contributed by atoms with Crippen molar-refractivity contribution in [1.82, 2.24) is 4.90 Å². The van der Waals surface area contributed by atoms with E-state index in [2.05, 4.69) is 36.1 Å². The van der Waals surface area contributed by atoms with Crippen LogP contribution in [0.25, 0.3) is 0 Å². The maximum atomic E-state index is 6.52. The van der Waals surface area contributed by atoms with Crippen LogP contribution >= 0.6 is 0 Å². The SMILES string of the molecule is CCN(CC1CC1)C1CCc2ccccc2C1N. The molecule has 2 nitrogen and oxygen atoms in total. The lowest BCUT2D eigenvalue weighted by atomic mass is 9.83. The number of rotatable bonds is 4. The number of hydrogen-bond acceptors (Lipinski definition) is 2. The van der Waals surface area contributed by atoms with Crippen LogP contribution in [0.1, 0.15) is 43.4 Å². The number of nitrogens with two attached hydrogens (primary N) is 1. The molecule has 0 saturated heterocycles. The van der Waals surface area contributed by atoms with Crippen LogP contribution in [-0.2, 0) is 6.42 Å². The lowest BCUT2D eigenvalue weighted by molar-refractivity contribution is 0.156. The molecule has 2 heteroatoms. The fraction of sp³-hybridized carbons (Fsp3) is 0.625. The van der Waals surface area contributed by atoms with Crippen molar-refractivity contribution in [2.24, 2.45) is 11.7 Å². The van der Waals surface area contributed by atoms with E-state index in [4.69, 9.17) is 5.73 Å². The topological polar surface area (TPSA) is 29.3 Å². The lowest BCUT2D eigenvalue weighted by Gasteiger charge is -2.39. The van der Waals surface area contributed by atoms with Crippen molar-refractivity contribution in [2.45, 2.75) is 44.7 Å². The molecule has 2 aliphatic rings. The fourth-order valence-corrected chi connectivity index (χ4v) is 3.32. The summed E-state index contributed by atoms with van der Waals surface area (Å²) < 4.78 is 0. The Morgan fingerprint density at radius 3 is 2.72 bits per heavy atom. The molecule has 1 fully saturated rings. The minimum Gasteiger partial charge on any atom is -0.323 e. The van der Waals surface area contributed by atoms with Gasteiger partial charge in [-0.3, -0.25) is 4.90 Å². The van der Waals surface area contributed by atoms with E-state index in [-0.39, 0.29) is 6.04 Å². The predicted molar refractivity (Wildman–Crippen MR) is 75.5 cm³/mol. The molecule has 0 radical (unpaired) electrons.